The summed E-state index contributed by atoms with van der Waals surface area (Å²) in [4.78, 5) is 22.1. The zero-order valence-corrected chi connectivity index (χ0v) is 15.9. The topological polar surface area (TPSA) is 107 Å². The number of rotatable bonds is 3. The summed E-state index contributed by atoms with van der Waals surface area (Å²) in [6.45, 7) is 1.92. The molecule has 3 aromatic heterocycles. The van der Waals surface area contributed by atoms with Crippen LogP contribution in [0.4, 0.5) is 5.69 Å². The van der Waals surface area contributed by atoms with E-state index in [4.69, 9.17) is 10.5 Å². The van der Waals surface area contributed by atoms with E-state index in [1.54, 1.807) is 17.0 Å². The molecule has 4 aromatic rings. The van der Waals surface area contributed by atoms with Crippen LogP contribution in [0.5, 0.6) is 0 Å². The quantitative estimate of drug-likeness (QED) is 0.536. The van der Waals surface area contributed by atoms with Crippen molar-refractivity contribution >= 4 is 33.3 Å². The van der Waals surface area contributed by atoms with Crippen LogP contribution in [0.25, 0.3) is 26.6 Å². The summed E-state index contributed by atoms with van der Waals surface area (Å²) in [6, 6.07) is 11.6. The molecule has 0 spiro atoms. The Labute approximate surface area is 164 Å². The number of aryl methyl sites for hydroxylation is 1. The van der Waals surface area contributed by atoms with Crippen LogP contribution in [0, 0.1) is 18.3 Å². The molecule has 0 amide bonds. The highest BCUT2D eigenvalue weighted by atomic mass is 32.1. The Bertz CT molecular complexity index is 1230. The number of hydrogen-bond acceptors (Lipinski definition) is 7. The lowest BCUT2D eigenvalue weighted by Crippen LogP contribution is -2.11. The fraction of sp³-hybridized carbons (Fsp3) is 0.100. The van der Waals surface area contributed by atoms with E-state index in [0.717, 1.165) is 32.2 Å². The Morgan fingerprint density at radius 1 is 1.36 bits per heavy atom. The molecule has 4 rings (SSSR count). The van der Waals surface area contributed by atoms with Crippen molar-refractivity contribution in [2.24, 2.45) is 0 Å². The molecule has 0 unspecified atom stereocenters. The highest BCUT2D eigenvalue weighted by Crippen LogP contribution is 2.32. The average molecular weight is 389 g/mol. The van der Waals surface area contributed by atoms with Crippen LogP contribution in [-0.4, -0.2) is 27.6 Å². The summed E-state index contributed by atoms with van der Waals surface area (Å²) in [6.07, 6.45) is 3.29. The number of nitrogens with two attached hydrogens (primary N) is 1. The van der Waals surface area contributed by atoms with Crippen molar-refractivity contribution in [1.29, 1.82) is 5.26 Å². The van der Waals surface area contributed by atoms with E-state index in [0.29, 0.717) is 0 Å². The van der Waals surface area contributed by atoms with Crippen molar-refractivity contribution in [2.75, 3.05) is 12.8 Å². The standard InChI is InChI=1S/C20H15N5O2S/c1-11-8-12(18-24-14-4-3-7-23-19(14)28-18)5-6-15(11)25-10-13(9-21)16(22)17(25)20(26)27-2/h3-8,10H,22H2,1-2H3. The molecular formula is C20H15N5O2S. The van der Waals surface area contributed by atoms with Gasteiger partial charge >= 0.3 is 5.97 Å². The molecule has 0 aliphatic rings. The second kappa shape index (κ2) is 6.79. The van der Waals surface area contributed by atoms with Crippen LogP contribution in [-0.2, 0) is 4.74 Å². The number of ether oxygens (including phenoxy) is 1. The molecule has 0 bridgehead atoms. The smallest absolute Gasteiger partial charge is 0.357 e. The van der Waals surface area contributed by atoms with Crippen LogP contribution in [0.15, 0.2) is 42.7 Å². The molecule has 3 heterocycles. The molecule has 138 valence electrons. The molecule has 7 nitrogen and oxygen atoms in total. The predicted octanol–water partition coefficient (Wildman–Crippen LogP) is 3.70. The van der Waals surface area contributed by atoms with Gasteiger partial charge in [-0.1, -0.05) is 11.3 Å². The summed E-state index contributed by atoms with van der Waals surface area (Å²) in [5.74, 6) is -0.597. The number of thiazole rings is 1. The fourth-order valence-electron chi connectivity index (χ4n) is 3.06. The van der Waals surface area contributed by atoms with Gasteiger partial charge in [-0.25, -0.2) is 14.8 Å². The Kier molecular flexibility index (Phi) is 4.29. The third-order valence-electron chi connectivity index (χ3n) is 4.41. The van der Waals surface area contributed by atoms with E-state index < -0.39 is 5.97 Å². The fourth-order valence-corrected chi connectivity index (χ4v) is 3.96. The van der Waals surface area contributed by atoms with Gasteiger partial charge in [-0.15, -0.1) is 0 Å². The molecule has 28 heavy (non-hydrogen) atoms. The summed E-state index contributed by atoms with van der Waals surface area (Å²) in [5, 5.41) is 10.1. The number of benzene rings is 1. The number of aromatic nitrogens is 3. The normalized spacial score (nSPS) is 10.8. The van der Waals surface area contributed by atoms with Gasteiger partial charge in [0.25, 0.3) is 0 Å². The molecule has 0 fully saturated rings. The second-order valence-corrected chi connectivity index (χ2v) is 7.10. The maximum Gasteiger partial charge on any atom is 0.357 e. The van der Waals surface area contributed by atoms with Crippen LogP contribution in [0.1, 0.15) is 21.6 Å². The molecule has 0 atom stereocenters. The van der Waals surface area contributed by atoms with E-state index in [9.17, 15) is 10.1 Å². The zero-order chi connectivity index (χ0) is 19.8. The number of esters is 1. The van der Waals surface area contributed by atoms with Gasteiger partial charge in [0.15, 0.2) is 5.69 Å². The second-order valence-electron chi connectivity index (χ2n) is 6.13. The van der Waals surface area contributed by atoms with Crippen molar-refractivity contribution in [3.8, 4) is 22.3 Å². The number of anilines is 1. The number of pyridine rings is 1. The van der Waals surface area contributed by atoms with Gasteiger partial charge in [0.05, 0.1) is 18.4 Å². The van der Waals surface area contributed by atoms with E-state index in [2.05, 4.69) is 9.97 Å². The maximum absolute atomic E-state index is 12.2. The van der Waals surface area contributed by atoms with Crippen molar-refractivity contribution in [3.63, 3.8) is 0 Å². The average Bonchev–Trinajstić information content (AvgIpc) is 3.28. The Balaban J connectivity index is 1.83. The van der Waals surface area contributed by atoms with Crippen LogP contribution in [0.2, 0.25) is 0 Å². The number of hydrogen-bond donors (Lipinski definition) is 1. The molecule has 0 aliphatic carbocycles. The first-order valence-electron chi connectivity index (χ1n) is 8.35. The van der Waals surface area contributed by atoms with Crippen LogP contribution in [0.3, 0.4) is 0 Å². The molecule has 2 N–H and O–H groups in total. The van der Waals surface area contributed by atoms with E-state index in [1.165, 1.54) is 18.4 Å². The highest BCUT2D eigenvalue weighted by Gasteiger charge is 2.22. The SMILES string of the molecule is COC(=O)c1c(N)c(C#N)cn1-c1ccc(-c2nc3cccnc3s2)cc1C. The van der Waals surface area contributed by atoms with Gasteiger partial charge in [-0.2, -0.15) is 5.26 Å². The molecule has 1 aromatic carbocycles. The van der Waals surface area contributed by atoms with Crippen molar-refractivity contribution in [1.82, 2.24) is 14.5 Å². The summed E-state index contributed by atoms with van der Waals surface area (Å²) < 4.78 is 6.44. The molecule has 0 aliphatic heterocycles. The summed E-state index contributed by atoms with van der Waals surface area (Å²) in [5.41, 5.74) is 9.89. The lowest BCUT2D eigenvalue weighted by molar-refractivity contribution is 0.0593. The van der Waals surface area contributed by atoms with Gasteiger partial charge in [0, 0.05) is 23.6 Å². The van der Waals surface area contributed by atoms with Gasteiger partial charge in [0.2, 0.25) is 0 Å². The van der Waals surface area contributed by atoms with E-state index in [-0.39, 0.29) is 16.9 Å². The third kappa shape index (κ3) is 2.78. The van der Waals surface area contributed by atoms with Gasteiger partial charge in [0.1, 0.15) is 21.4 Å². The monoisotopic (exact) mass is 389 g/mol. The van der Waals surface area contributed by atoms with E-state index >= 15 is 0 Å². The third-order valence-corrected chi connectivity index (χ3v) is 5.44. The minimum atomic E-state index is -0.597. The number of nitrogen functional groups attached to an aromatic ring is 1. The minimum Gasteiger partial charge on any atom is -0.464 e. The molecule has 0 radical (unpaired) electrons. The Hall–Kier alpha value is -3.70. The van der Waals surface area contributed by atoms with Gasteiger partial charge < -0.3 is 15.0 Å². The van der Waals surface area contributed by atoms with E-state index in [1.807, 2.05) is 43.3 Å². The highest BCUT2D eigenvalue weighted by molar-refractivity contribution is 7.21. The number of nitrogens with zero attached hydrogens (tertiary/aromatic N) is 4. The van der Waals surface area contributed by atoms with Crippen LogP contribution >= 0.6 is 11.3 Å². The number of methoxy groups -OCH3 is 1. The first-order valence-corrected chi connectivity index (χ1v) is 9.17. The number of nitriles is 1. The number of carbonyl (C=O) groups is 1. The Morgan fingerprint density at radius 2 is 2.18 bits per heavy atom. The lowest BCUT2D eigenvalue weighted by atomic mass is 10.1. The van der Waals surface area contributed by atoms with Gasteiger partial charge in [-0.3, -0.25) is 0 Å². The molecule has 8 heteroatoms. The van der Waals surface area contributed by atoms with Crippen LogP contribution < -0.4 is 5.73 Å². The largest absolute Gasteiger partial charge is 0.464 e. The number of fused-ring (bicyclic) bond motifs is 1. The first kappa shape index (κ1) is 17.7. The van der Waals surface area contributed by atoms with Gasteiger partial charge in [-0.05, 0) is 42.8 Å². The van der Waals surface area contributed by atoms with Crippen molar-refractivity contribution < 1.29 is 9.53 Å². The minimum absolute atomic E-state index is 0.107. The zero-order valence-electron chi connectivity index (χ0n) is 15.1. The molecular weight excluding hydrogens is 374 g/mol. The summed E-state index contributed by atoms with van der Waals surface area (Å²) >= 11 is 1.52. The lowest BCUT2D eigenvalue weighted by Gasteiger charge is -2.12. The Morgan fingerprint density at radius 3 is 2.86 bits per heavy atom. The predicted molar refractivity (Wildman–Crippen MR) is 107 cm³/mol. The molecule has 0 saturated heterocycles. The first-order chi connectivity index (χ1) is 13.5. The maximum atomic E-state index is 12.2. The number of carbonyl (C=O) groups excluding carboxylic acids is 1. The molecule has 0 saturated carbocycles. The van der Waals surface area contributed by atoms with Crippen molar-refractivity contribution in [2.45, 2.75) is 6.92 Å². The van der Waals surface area contributed by atoms with Crippen molar-refractivity contribution in [3.05, 3.63) is 59.5 Å². The summed E-state index contributed by atoms with van der Waals surface area (Å²) in [7, 11) is 1.28.